The van der Waals surface area contributed by atoms with Crippen LogP contribution in [0.25, 0.3) is 0 Å². The number of aromatic nitrogens is 1. The van der Waals surface area contributed by atoms with E-state index in [0.29, 0.717) is 10.3 Å². The van der Waals surface area contributed by atoms with Gasteiger partial charge in [-0.1, -0.05) is 0 Å². The first-order valence-electron chi connectivity index (χ1n) is 3.07. The fourth-order valence-electron chi connectivity index (χ4n) is 0.688. The summed E-state index contributed by atoms with van der Waals surface area (Å²) in [5, 5.41) is 0. The molecule has 1 unspecified atom stereocenters. The van der Waals surface area contributed by atoms with Gasteiger partial charge < -0.3 is 4.55 Å². The molecule has 13 heavy (non-hydrogen) atoms. The standard InChI is InChI=1S/C6H7BrN2O2S.Na/c1-4-2-5(7)6(8-3-4)9-12(10)11;/h2-3H,1H3,(H,8,9)(H,10,11);/p-1. The van der Waals surface area contributed by atoms with Crippen molar-refractivity contribution < 1.29 is 8.76 Å². The van der Waals surface area contributed by atoms with E-state index in [4.69, 9.17) is 0 Å². The van der Waals surface area contributed by atoms with E-state index in [1.54, 1.807) is 12.3 Å². The molecule has 67 valence electrons. The number of nitrogens with one attached hydrogen (secondary N) is 1. The van der Waals surface area contributed by atoms with Crippen LogP contribution < -0.4 is 4.72 Å². The molecule has 0 fully saturated rings. The molecule has 1 aromatic heterocycles. The van der Waals surface area contributed by atoms with E-state index in [0.717, 1.165) is 5.56 Å². The Balaban J connectivity index is 0.00000144. The molecule has 1 atom stereocenters. The van der Waals surface area contributed by atoms with Crippen molar-refractivity contribution in [1.82, 2.24) is 4.98 Å². The Morgan fingerprint density at radius 1 is 1.69 bits per heavy atom. The Morgan fingerprint density at radius 3 is 2.77 bits per heavy atom. The molecule has 1 radical (unpaired) electrons. The van der Waals surface area contributed by atoms with Crippen LogP contribution in [0.3, 0.4) is 0 Å². The molecular weight excluding hydrogens is 267 g/mol. The van der Waals surface area contributed by atoms with Crippen LogP contribution >= 0.6 is 15.9 Å². The van der Waals surface area contributed by atoms with Gasteiger partial charge >= 0.3 is 0 Å². The van der Waals surface area contributed by atoms with Crippen LogP contribution in [0.2, 0.25) is 0 Å². The molecule has 0 aliphatic rings. The van der Waals surface area contributed by atoms with Crippen molar-refractivity contribution in [2.75, 3.05) is 4.72 Å². The summed E-state index contributed by atoms with van der Waals surface area (Å²) in [6.07, 6.45) is 1.58. The summed E-state index contributed by atoms with van der Waals surface area (Å²) in [7, 11) is 0. The molecule has 1 rings (SSSR count). The summed E-state index contributed by atoms with van der Waals surface area (Å²) in [6, 6.07) is 1.78. The van der Waals surface area contributed by atoms with E-state index < -0.39 is 11.3 Å². The summed E-state index contributed by atoms with van der Waals surface area (Å²) in [6.45, 7) is 1.87. The van der Waals surface area contributed by atoms with E-state index in [1.807, 2.05) is 6.92 Å². The van der Waals surface area contributed by atoms with Gasteiger partial charge in [0.05, 0.1) is 4.47 Å². The number of rotatable bonds is 2. The maximum atomic E-state index is 10.2. The summed E-state index contributed by atoms with van der Waals surface area (Å²) >= 11 is 0.851. The molecule has 0 saturated heterocycles. The third-order valence-electron chi connectivity index (χ3n) is 1.16. The quantitative estimate of drug-likeness (QED) is 0.645. The van der Waals surface area contributed by atoms with E-state index in [-0.39, 0.29) is 29.6 Å². The molecule has 0 amide bonds. The predicted molar refractivity (Wildman–Crippen MR) is 55.0 cm³/mol. The fourth-order valence-corrected chi connectivity index (χ4v) is 1.70. The molecule has 0 spiro atoms. The Labute approximate surface area is 109 Å². The van der Waals surface area contributed by atoms with Crippen molar-refractivity contribution in [2.24, 2.45) is 0 Å². The Hall–Kier alpha value is 0.540. The number of anilines is 1. The second-order valence-corrected chi connectivity index (χ2v) is 3.71. The zero-order chi connectivity index (χ0) is 9.14. The van der Waals surface area contributed by atoms with Gasteiger partial charge in [0.2, 0.25) is 0 Å². The molecule has 0 aromatic carbocycles. The minimum Gasteiger partial charge on any atom is -0.755 e. The second-order valence-electron chi connectivity index (χ2n) is 2.18. The number of halogens is 1. The van der Waals surface area contributed by atoms with Crippen LogP contribution in [-0.2, 0) is 11.3 Å². The first kappa shape index (κ1) is 13.5. The van der Waals surface area contributed by atoms with Crippen molar-refractivity contribution in [2.45, 2.75) is 6.92 Å². The number of aryl methyl sites for hydroxylation is 1. The summed E-state index contributed by atoms with van der Waals surface area (Å²) in [5.74, 6) is 0.300. The van der Waals surface area contributed by atoms with Crippen LogP contribution in [0.1, 0.15) is 5.56 Å². The van der Waals surface area contributed by atoms with Gasteiger partial charge in [0.1, 0.15) is 0 Å². The van der Waals surface area contributed by atoms with Crippen molar-refractivity contribution in [3.63, 3.8) is 0 Å². The van der Waals surface area contributed by atoms with Gasteiger partial charge in [0, 0.05) is 47.0 Å². The first-order chi connectivity index (χ1) is 5.59. The Morgan fingerprint density at radius 2 is 2.31 bits per heavy atom. The molecule has 1 aromatic rings. The van der Waals surface area contributed by atoms with Gasteiger partial charge in [-0.25, -0.2) is 4.98 Å². The first-order valence-corrected chi connectivity index (χ1v) is 4.94. The number of pyridine rings is 1. The van der Waals surface area contributed by atoms with Crippen molar-refractivity contribution in [1.29, 1.82) is 0 Å². The predicted octanol–water partition coefficient (Wildman–Crippen LogP) is 0.978. The molecule has 0 saturated carbocycles. The molecule has 0 aliphatic heterocycles. The van der Waals surface area contributed by atoms with E-state index in [1.165, 1.54) is 0 Å². The zero-order valence-electron chi connectivity index (χ0n) is 7.20. The number of nitrogens with zero attached hydrogens (tertiary/aromatic N) is 1. The largest absolute Gasteiger partial charge is 0.755 e. The maximum absolute atomic E-state index is 10.2. The van der Waals surface area contributed by atoms with Gasteiger partial charge in [0.25, 0.3) is 0 Å². The number of hydrogen-bond acceptors (Lipinski definition) is 3. The smallest absolute Gasteiger partial charge is 0.151 e. The van der Waals surface area contributed by atoms with E-state index in [9.17, 15) is 8.76 Å². The van der Waals surface area contributed by atoms with Crippen molar-refractivity contribution in [3.05, 3.63) is 22.3 Å². The topological polar surface area (TPSA) is 65.0 Å². The molecule has 0 aliphatic carbocycles. The van der Waals surface area contributed by atoms with Crippen molar-refractivity contribution >= 4 is 62.6 Å². The van der Waals surface area contributed by atoms with Gasteiger partial charge in [0.15, 0.2) is 5.82 Å². The van der Waals surface area contributed by atoms with Crippen LogP contribution in [0.4, 0.5) is 5.82 Å². The normalized spacial score (nSPS) is 11.6. The SMILES string of the molecule is Cc1cnc(NS(=O)[O-])c(Br)c1.[Na]. The molecular formula is C6H6BrN2NaO2S-. The van der Waals surface area contributed by atoms with Gasteiger partial charge in [-0.05, 0) is 34.5 Å². The van der Waals surface area contributed by atoms with Gasteiger partial charge in [-0.3, -0.25) is 8.93 Å². The van der Waals surface area contributed by atoms with Crippen molar-refractivity contribution in [3.8, 4) is 0 Å². The van der Waals surface area contributed by atoms with E-state index >= 15 is 0 Å². The average molecular weight is 273 g/mol. The Bertz CT molecular complexity index is 324. The maximum Gasteiger partial charge on any atom is 0.151 e. The summed E-state index contributed by atoms with van der Waals surface area (Å²) in [4.78, 5) is 3.87. The summed E-state index contributed by atoms with van der Waals surface area (Å²) in [5.41, 5.74) is 0.962. The third kappa shape index (κ3) is 4.53. The van der Waals surface area contributed by atoms with E-state index in [2.05, 4.69) is 25.6 Å². The van der Waals surface area contributed by atoms with Gasteiger partial charge in [-0.2, -0.15) is 0 Å². The fraction of sp³-hybridized carbons (Fsp3) is 0.167. The molecule has 7 heteroatoms. The van der Waals surface area contributed by atoms with Crippen LogP contribution in [0, 0.1) is 6.92 Å². The third-order valence-corrected chi connectivity index (χ3v) is 2.12. The molecule has 1 heterocycles. The summed E-state index contributed by atoms with van der Waals surface area (Å²) < 4.78 is 23.3. The molecule has 0 bridgehead atoms. The average Bonchev–Trinajstić information content (AvgIpc) is 1.94. The zero-order valence-corrected chi connectivity index (χ0v) is 11.6. The van der Waals surface area contributed by atoms with Crippen LogP contribution in [0.15, 0.2) is 16.7 Å². The van der Waals surface area contributed by atoms with Crippen LogP contribution in [-0.4, -0.2) is 43.3 Å². The second kappa shape index (κ2) is 6.10. The minimum atomic E-state index is -2.33. The monoisotopic (exact) mass is 272 g/mol. The number of hydrogen-bond donors (Lipinski definition) is 1. The molecule has 1 N–H and O–H groups in total. The molecule has 4 nitrogen and oxygen atoms in total. The Kier molecular flexibility index (Phi) is 6.36. The van der Waals surface area contributed by atoms with Gasteiger partial charge in [-0.15, -0.1) is 0 Å². The van der Waals surface area contributed by atoms with Crippen LogP contribution in [0.5, 0.6) is 0 Å². The minimum absolute atomic E-state index is 0.